The van der Waals surface area contributed by atoms with Crippen LogP contribution in [0.5, 0.6) is 0 Å². The highest BCUT2D eigenvalue weighted by Crippen LogP contribution is 2.77. The summed E-state index contributed by atoms with van der Waals surface area (Å²) in [4.78, 5) is 0. The van der Waals surface area contributed by atoms with Gasteiger partial charge in [0.25, 0.3) is 0 Å². The standard InChI is InChI=1S/C29H48O/c1-19-8-7-12-26(4)20(19)11-13-28(6)22(26)10-9-21-23-24-25(2,3)14-16-29(23,18-30-24)17-15-27(21,28)5/h19-24H,7-18H2,1-6H3/t19-,20+,21-,22-,23+,24?,26+,27-,28-,29-/m1/s1. The molecule has 10 atom stereocenters. The molecule has 0 aromatic rings. The van der Waals surface area contributed by atoms with E-state index in [1.54, 1.807) is 0 Å². The van der Waals surface area contributed by atoms with Crippen molar-refractivity contribution in [2.24, 2.45) is 56.7 Å². The molecule has 0 radical (unpaired) electrons. The third-order valence-electron chi connectivity index (χ3n) is 13.5. The van der Waals surface area contributed by atoms with Crippen molar-refractivity contribution in [3.8, 4) is 0 Å². The van der Waals surface area contributed by atoms with E-state index in [1.807, 2.05) is 0 Å². The van der Waals surface area contributed by atoms with Gasteiger partial charge in [-0.05, 0) is 114 Å². The van der Waals surface area contributed by atoms with Gasteiger partial charge in [-0.3, -0.25) is 0 Å². The van der Waals surface area contributed by atoms with Crippen LogP contribution in [-0.4, -0.2) is 12.7 Å². The Bertz CT molecular complexity index is 726. The molecular weight excluding hydrogens is 364 g/mol. The van der Waals surface area contributed by atoms with Crippen LogP contribution >= 0.6 is 0 Å². The minimum Gasteiger partial charge on any atom is -0.377 e. The molecule has 6 fully saturated rings. The van der Waals surface area contributed by atoms with E-state index in [1.165, 1.54) is 70.6 Å². The van der Waals surface area contributed by atoms with Gasteiger partial charge >= 0.3 is 0 Å². The number of rotatable bonds is 0. The molecule has 0 aromatic heterocycles. The molecule has 0 amide bonds. The summed E-state index contributed by atoms with van der Waals surface area (Å²) in [5.41, 5.74) is 2.59. The molecule has 0 spiro atoms. The molecule has 0 aromatic carbocycles. The molecular formula is C29H48O. The largest absolute Gasteiger partial charge is 0.377 e. The Labute approximate surface area is 186 Å². The van der Waals surface area contributed by atoms with E-state index in [-0.39, 0.29) is 0 Å². The van der Waals surface area contributed by atoms with Crippen molar-refractivity contribution in [1.82, 2.24) is 0 Å². The van der Waals surface area contributed by atoms with Crippen molar-refractivity contribution in [3.63, 3.8) is 0 Å². The summed E-state index contributed by atoms with van der Waals surface area (Å²) in [5, 5.41) is 0. The van der Waals surface area contributed by atoms with Gasteiger partial charge in [-0.15, -0.1) is 0 Å². The third-order valence-corrected chi connectivity index (χ3v) is 13.5. The highest BCUT2D eigenvalue weighted by atomic mass is 16.5. The minimum atomic E-state index is 0.378. The molecule has 1 nitrogen and oxygen atoms in total. The lowest BCUT2D eigenvalue weighted by molar-refractivity contribution is -0.235. The van der Waals surface area contributed by atoms with Gasteiger partial charge in [0.15, 0.2) is 0 Å². The van der Waals surface area contributed by atoms with Gasteiger partial charge in [0.05, 0.1) is 12.7 Å². The summed E-state index contributed by atoms with van der Waals surface area (Å²) in [6.45, 7) is 17.0. The molecule has 6 aliphatic rings. The van der Waals surface area contributed by atoms with Crippen molar-refractivity contribution < 1.29 is 4.74 Å². The Morgan fingerprint density at radius 3 is 2.27 bits per heavy atom. The van der Waals surface area contributed by atoms with Crippen molar-refractivity contribution in [1.29, 1.82) is 0 Å². The highest BCUT2D eigenvalue weighted by molar-refractivity contribution is 5.20. The van der Waals surface area contributed by atoms with E-state index in [4.69, 9.17) is 4.74 Å². The summed E-state index contributed by atoms with van der Waals surface area (Å²) in [6.07, 6.45) is 16.8. The SMILES string of the molecule is C[C@@H]1CCC[C@]2(C)[C@H]3CC[C@@H]4[C@H]5C6OC[C@@]5(CCC6(C)C)CC[C@@]4(C)[C@]3(C)CC[C@@H]12. The van der Waals surface area contributed by atoms with Crippen LogP contribution in [0.4, 0.5) is 0 Å². The Balaban J connectivity index is 1.40. The Morgan fingerprint density at radius 2 is 1.47 bits per heavy atom. The molecule has 5 aliphatic carbocycles. The average molecular weight is 413 g/mol. The quantitative estimate of drug-likeness (QED) is 0.393. The van der Waals surface area contributed by atoms with Crippen molar-refractivity contribution in [2.75, 3.05) is 6.61 Å². The number of ether oxygens (including phenoxy) is 1. The van der Waals surface area contributed by atoms with Gasteiger partial charge in [0, 0.05) is 0 Å². The summed E-state index contributed by atoms with van der Waals surface area (Å²) in [5.74, 6) is 4.65. The number of hydrogen-bond acceptors (Lipinski definition) is 1. The molecule has 1 saturated heterocycles. The molecule has 170 valence electrons. The predicted octanol–water partition coefficient (Wildman–Crippen LogP) is 7.88. The Kier molecular flexibility index (Phi) is 4.18. The van der Waals surface area contributed by atoms with Gasteiger partial charge in [-0.2, -0.15) is 0 Å². The van der Waals surface area contributed by atoms with E-state index in [0.717, 1.165) is 36.2 Å². The normalized spacial score (nSPS) is 61.4. The minimum absolute atomic E-state index is 0.378. The first-order valence-electron chi connectivity index (χ1n) is 13.7. The lowest BCUT2D eigenvalue weighted by atomic mass is 9.32. The molecule has 6 rings (SSSR count). The lowest BCUT2D eigenvalue weighted by Gasteiger charge is -2.72. The zero-order valence-corrected chi connectivity index (χ0v) is 20.9. The molecule has 1 unspecified atom stereocenters. The first-order chi connectivity index (χ1) is 14.1. The smallest absolute Gasteiger partial charge is 0.0663 e. The van der Waals surface area contributed by atoms with Crippen LogP contribution in [0.15, 0.2) is 0 Å². The molecule has 30 heavy (non-hydrogen) atoms. The summed E-state index contributed by atoms with van der Waals surface area (Å²) in [7, 11) is 0. The summed E-state index contributed by atoms with van der Waals surface area (Å²) in [6, 6.07) is 0. The van der Waals surface area contributed by atoms with Gasteiger partial charge < -0.3 is 4.74 Å². The zero-order valence-electron chi connectivity index (χ0n) is 20.9. The average Bonchev–Trinajstić information content (AvgIpc) is 3.02. The Hall–Kier alpha value is -0.0400. The first kappa shape index (κ1) is 20.6. The molecule has 1 heteroatoms. The monoisotopic (exact) mass is 412 g/mol. The maximum Gasteiger partial charge on any atom is 0.0663 e. The van der Waals surface area contributed by atoms with Gasteiger partial charge in [-0.25, -0.2) is 0 Å². The van der Waals surface area contributed by atoms with Gasteiger partial charge in [-0.1, -0.05) is 54.4 Å². The summed E-state index contributed by atoms with van der Waals surface area (Å²) < 4.78 is 6.71. The van der Waals surface area contributed by atoms with Crippen molar-refractivity contribution in [2.45, 2.75) is 118 Å². The molecule has 1 aliphatic heterocycles. The van der Waals surface area contributed by atoms with E-state index in [2.05, 4.69) is 41.5 Å². The predicted molar refractivity (Wildman–Crippen MR) is 124 cm³/mol. The van der Waals surface area contributed by atoms with Crippen LogP contribution in [0.3, 0.4) is 0 Å². The second-order valence-electron chi connectivity index (χ2n) is 14.7. The van der Waals surface area contributed by atoms with Crippen LogP contribution in [0.25, 0.3) is 0 Å². The van der Waals surface area contributed by atoms with Crippen LogP contribution < -0.4 is 0 Å². The van der Waals surface area contributed by atoms with E-state index >= 15 is 0 Å². The van der Waals surface area contributed by atoms with Crippen LogP contribution in [-0.2, 0) is 4.74 Å². The lowest BCUT2D eigenvalue weighted by Crippen LogP contribution is -2.66. The maximum atomic E-state index is 6.71. The van der Waals surface area contributed by atoms with Crippen molar-refractivity contribution >= 4 is 0 Å². The van der Waals surface area contributed by atoms with Crippen LogP contribution in [0.1, 0.15) is 112 Å². The molecule has 2 bridgehead atoms. The fraction of sp³-hybridized carbons (Fsp3) is 1.00. The number of hydrogen-bond donors (Lipinski definition) is 0. The highest BCUT2D eigenvalue weighted by Gasteiger charge is 2.71. The topological polar surface area (TPSA) is 9.23 Å². The first-order valence-corrected chi connectivity index (χ1v) is 13.7. The maximum absolute atomic E-state index is 6.71. The molecule has 0 N–H and O–H groups in total. The third kappa shape index (κ3) is 2.25. The Morgan fingerprint density at radius 1 is 0.700 bits per heavy atom. The van der Waals surface area contributed by atoms with E-state index < -0.39 is 0 Å². The summed E-state index contributed by atoms with van der Waals surface area (Å²) >= 11 is 0. The molecule has 5 saturated carbocycles. The van der Waals surface area contributed by atoms with Crippen LogP contribution in [0, 0.1) is 56.7 Å². The zero-order chi connectivity index (χ0) is 21.2. The fourth-order valence-electron chi connectivity index (χ4n) is 11.7. The van der Waals surface area contributed by atoms with E-state index in [9.17, 15) is 0 Å². The van der Waals surface area contributed by atoms with Gasteiger partial charge in [0.2, 0.25) is 0 Å². The fourth-order valence-corrected chi connectivity index (χ4v) is 11.7. The molecule has 1 heterocycles. The second-order valence-corrected chi connectivity index (χ2v) is 14.7. The van der Waals surface area contributed by atoms with Gasteiger partial charge in [0.1, 0.15) is 0 Å². The van der Waals surface area contributed by atoms with Crippen LogP contribution in [0.2, 0.25) is 0 Å². The van der Waals surface area contributed by atoms with Crippen molar-refractivity contribution in [3.05, 3.63) is 0 Å². The van der Waals surface area contributed by atoms with E-state index in [0.29, 0.717) is 33.2 Å². The second kappa shape index (κ2) is 6.09. The number of fused-ring (bicyclic) bond motifs is 5.